The Hall–Kier alpha value is 0.210. The van der Waals surface area contributed by atoms with Crippen molar-refractivity contribution in [3.05, 3.63) is 0 Å². The minimum absolute atomic E-state index is 0.213. The maximum absolute atomic E-state index is 6.23. The summed E-state index contributed by atoms with van der Waals surface area (Å²) < 4.78 is 5.47. The lowest BCUT2D eigenvalue weighted by molar-refractivity contribution is 0.112. The van der Waals surface area contributed by atoms with E-state index in [9.17, 15) is 0 Å². The van der Waals surface area contributed by atoms with Gasteiger partial charge in [-0.2, -0.15) is 0 Å². The normalized spacial score (nSPS) is 14.4. The molecule has 0 aliphatic carbocycles. The number of nitrogens with one attached hydrogen (secondary N) is 1. The van der Waals surface area contributed by atoms with Crippen LogP contribution in [0.25, 0.3) is 0 Å². The Balaban J connectivity index is 3.31. The van der Waals surface area contributed by atoms with Crippen LogP contribution < -0.4 is 5.32 Å². The van der Waals surface area contributed by atoms with Gasteiger partial charge in [0.05, 0.1) is 6.61 Å². The van der Waals surface area contributed by atoms with E-state index in [4.69, 9.17) is 16.3 Å². The summed E-state index contributed by atoms with van der Waals surface area (Å²) in [4.78, 5) is 0. The van der Waals surface area contributed by atoms with Gasteiger partial charge in [0.1, 0.15) is 0 Å². The van der Waals surface area contributed by atoms with Gasteiger partial charge in [-0.25, -0.2) is 0 Å². The van der Waals surface area contributed by atoms with Crippen LogP contribution in [0.5, 0.6) is 0 Å². The number of ether oxygens (including phenoxy) is 1. The molecule has 0 amide bonds. The lowest BCUT2D eigenvalue weighted by Crippen LogP contribution is -2.29. The second-order valence-corrected chi connectivity index (χ2v) is 6.65. The van der Waals surface area contributed by atoms with Crippen LogP contribution >= 0.6 is 11.6 Å². The molecule has 98 valence electrons. The summed E-state index contributed by atoms with van der Waals surface area (Å²) in [5.74, 6) is 0.613. The third-order valence-electron chi connectivity index (χ3n) is 2.07. The van der Waals surface area contributed by atoms with Gasteiger partial charge in [-0.15, -0.1) is 11.6 Å². The van der Waals surface area contributed by atoms with Crippen molar-refractivity contribution in [1.82, 2.24) is 5.32 Å². The first-order valence-corrected chi connectivity index (χ1v) is 6.67. The molecule has 0 fully saturated rings. The molecule has 0 heterocycles. The molecule has 3 heteroatoms. The molecule has 1 N–H and O–H groups in total. The van der Waals surface area contributed by atoms with Gasteiger partial charge in [0.15, 0.2) is 0 Å². The molecule has 16 heavy (non-hydrogen) atoms. The van der Waals surface area contributed by atoms with Crippen molar-refractivity contribution in [3.8, 4) is 0 Å². The number of hydrogen-bond donors (Lipinski definition) is 1. The van der Waals surface area contributed by atoms with Crippen LogP contribution in [0.4, 0.5) is 0 Å². The molecule has 2 nitrogen and oxygen atoms in total. The van der Waals surface area contributed by atoms with Crippen molar-refractivity contribution >= 4 is 11.6 Å². The number of alkyl halides is 1. The van der Waals surface area contributed by atoms with E-state index in [0.717, 1.165) is 32.7 Å². The molecule has 0 aromatic carbocycles. The molecule has 0 spiro atoms. The fourth-order valence-electron chi connectivity index (χ4n) is 1.46. The molecule has 0 aliphatic rings. The summed E-state index contributed by atoms with van der Waals surface area (Å²) in [5, 5.41) is 3.54. The molecule has 0 aliphatic heterocycles. The second kappa shape index (κ2) is 8.32. The predicted octanol–water partition coefficient (Wildman–Crippen LogP) is 3.29. The van der Waals surface area contributed by atoms with Crippen LogP contribution in [0.2, 0.25) is 0 Å². The number of hydrogen-bond acceptors (Lipinski definition) is 2. The Morgan fingerprint density at radius 2 is 1.88 bits per heavy atom. The van der Waals surface area contributed by atoms with E-state index in [0.29, 0.717) is 11.3 Å². The molecular weight excluding hydrogens is 222 g/mol. The smallest absolute Gasteiger partial charge is 0.0591 e. The Morgan fingerprint density at radius 1 is 1.25 bits per heavy atom. The summed E-state index contributed by atoms with van der Waals surface area (Å²) in [7, 11) is 0. The Bertz CT molecular complexity index is 166. The van der Waals surface area contributed by atoms with Crippen LogP contribution in [0.1, 0.15) is 41.0 Å². The van der Waals surface area contributed by atoms with Crippen LogP contribution in [0.15, 0.2) is 0 Å². The third kappa shape index (κ3) is 12.3. The van der Waals surface area contributed by atoms with Crippen LogP contribution in [-0.2, 0) is 4.74 Å². The van der Waals surface area contributed by atoms with E-state index in [1.54, 1.807) is 0 Å². The molecule has 0 aromatic rings. The molecule has 1 atom stereocenters. The van der Waals surface area contributed by atoms with Gasteiger partial charge in [0.25, 0.3) is 0 Å². The average molecular weight is 250 g/mol. The van der Waals surface area contributed by atoms with E-state index >= 15 is 0 Å². The zero-order valence-electron chi connectivity index (χ0n) is 11.5. The van der Waals surface area contributed by atoms with E-state index < -0.39 is 0 Å². The first kappa shape index (κ1) is 16.2. The van der Waals surface area contributed by atoms with Crippen LogP contribution in [0.3, 0.4) is 0 Å². The highest BCUT2D eigenvalue weighted by Gasteiger charge is 2.16. The van der Waals surface area contributed by atoms with E-state index in [-0.39, 0.29) is 5.38 Å². The van der Waals surface area contributed by atoms with Gasteiger partial charge in [0.2, 0.25) is 0 Å². The SMILES string of the molecule is CC(C)COCCNCC(Cl)CC(C)(C)C. The maximum atomic E-state index is 6.23. The molecule has 0 radical (unpaired) electrons. The number of rotatable bonds is 8. The van der Waals surface area contributed by atoms with Crippen molar-refractivity contribution in [2.75, 3.05) is 26.3 Å². The van der Waals surface area contributed by atoms with Crippen molar-refractivity contribution in [3.63, 3.8) is 0 Å². The Kier molecular flexibility index (Phi) is 8.43. The molecule has 0 rings (SSSR count). The minimum atomic E-state index is 0.213. The van der Waals surface area contributed by atoms with Crippen LogP contribution in [0, 0.1) is 11.3 Å². The first-order chi connectivity index (χ1) is 7.31. The lowest BCUT2D eigenvalue weighted by atomic mass is 9.90. The summed E-state index contributed by atoms with van der Waals surface area (Å²) in [6.45, 7) is 14.3. The highest BCUT2D eigenvalue weighted by Crippen LogP contribution is 2.22. The largest absolute Gasteiger partial charge is 0.380 e. The molecule has 0 saturated carbocycles. The fourth-order valence-corrected chi connectivity index (χ4v) is 2.03. The topological polar surface area (TPSA) is 21.3 Å². The molecule has 0 aromatic heterocycles. The third-order valence-corrected chi connectivity index (χ3v) is 2.38. The minimum Gasteiger partial charge on any atom is -0.380 e. The van der Waals surface area contributed by atoms with E-state index in [1.807, 2.05) is 0 Å². The fraction of sp³-hybridized carbons (Fsp3) is 1.00. The standard InChI is InChI=1S/C13H28ClNO/c1-11(2)10-16-7-6-15-9-12(14)8-13(3,4)5/h11-12,15H,6-10H2,1-5H3. The van der Waals surface area contributed by atoms with Gasteiger partial charge >= 0.3 is 0 Å². The van der Waals surface area contributed by atoms with Gasteiger partial charge in [-0.3, -0.25) is 0 Å². The zero-order chi connectivity index (χ0) is 12.6. The second-order valence-electron chi connectivity index (χ2n) is 6.03. The number of halogens is 1. The molecule has 1 unspecified atom stereocenters. The quantitative estimate of drug-likeness (QED) is 0.527. The molecular formula is C13H28ClNO. The molecule has 0 saturated heterocycles. The lowest BCUT2D eigenvalue weighted by Gasteiger charge is -2.22. The maximum Gasteiger partial charge on any atom is 0.0591 e. The monoisotopic (exact) mass is 249 g/mol. The van der Waals surface area contributed by atoms with Gasteiger partial charge in [0, 0.05) is 25.1 Å². The summed E-state index contributed by atoms with van der Waals surface area (Å²) >= 11 is 6.23. The Labute approximate surface area is 106 Å². The van der Waals surface area contributed by atoms with Crippen molar-refractivity contribution in [1.29, 1.82) is 0 Å². The highest BCUT2D eigenvalue weighted by molar-refractivity contribution is 6.20. The van der Waals surface area contributed by atoms with E-state index in [2.05, 4.69) is 39.9 Å². The van der Waals surface area contributed by atoms with Crippen molar-refractivity contribution < 1.29 is 4.74 Å². The molecule has 0 bridgehead atoms. The Morgan fingerprint density at radius 3 is 2.38 bits per heavy atom. The van der Waals surface area contributed by atoms with Crippen LogP contribution in [-0.4, -0.2) is 31.7 Å². The highest BCUT2D eigenvalue weighted by atomic mass is 35.5. The zero-order valence-corrected chi connectivity index (χ0v) is 12.2. The van der Waals surface area contributed by atoms with Crippen molar-refractivity contribution in [2.24, 2.45) is 11.3 Å². The average Bonchev–Trinajstić information content (AvgIpc) is 2.07. The first-order valence-electron chi connectivity index (χ1n) is 6.24. The van der Waals surface area contributed by atoms with Crippen molar-refractivity contribution in [2.45, 2.75) is 46.4 Å². The summed E-state index contributed by atoms with van der Waals surface area (Å²) in [6.07, 6.45) is 1.04. The summed E-state index contributed by atoms with van der Waals surface area (Å²) in [6, 6.07) is 0. The predicted molar refractivity (Wildman–Crippen MR) is 72.2 cm³/mol. The van der Waals surface area contributed by atoms with Gasteiger partial charge < -0.3 is 10.1 Å². The van der Waals surface area contributed by atoms with Gasteiger partial charge in [-0.1, -0.05) is 34.6 Å². The van der Waals surface area contributed by atoms with E-state index in [1.165, 1.54) is 0 Å². The van der Waals surface area contributed by atoms with Gasteiger partial charge in [-0.05, 0) is 17.8 Å². The summed E-state index contributed by atoms with van der Waals surface area (Å²) in [5.41, 5.74) is 0.308.